The summed E-state index contributed by atoms with van der Waals surface area (Å²) in [5.41, 5.74) is 2.03. The Morgan fingerprint density at radius 2 is 1.68 bits per heavy atom. The van der Waals surface area contributed by atoms with Gasteiger partial charge in [0.1, 0.15) is 17.9 Å². The van der Waals surface area contributed by atoms with Crippen LogP contribution in [0.5, 0.6) is 11.5 Å². The van der Waals surface area contributed by atoms with Gasteiger partial charge in [0, 0.05) is 19.0 Å². The Balaban J connectivity index is 1.67. The minimum atomic E-state index is -4.23. The van der Waals surface area contributed by atoms with Crippen LogP contribution in [0, 0.1) is 5.82 Å². The molecule has 1 heterocycles. The van der Waals surface area contributed by atoms with Crippen molar-refractivity contribution in [3.63, 3.8) is 0 Å². The topological polar surface area (TPSA) is 122 Å². The second-order valence-electron chi connectivity index (χ2n) is 8.79. The number of ether oxygens (including phenoxy) is 2. The quantitative estimate of drug-likeness (QED) is 0.426. The van der Waals surface area contributed by atoms with E-state index in [2.05, 4.69) is 5.32 Å². The second kappa shape index (κ2) is 11.2. The first kappa shape index (κ1) is 27.1. The Bertz CT molecular complexity index is 1440. The van der Waals surface area contributed by atoms with E-state index in [0.717, 1.165) is 15.4 Å². The van der Waals surface area contributed by atoms with Gasteiger partial charge in [-0.25, -0.2) is 17.6 Å². The second-order valence-corrected chi connectivity index (χ2v) is 10.7. The zero-order valence-electron chi connectivity index (χ0n) is 20.8. The van der Waals surface area contributed by atoms with Crippen molar-refractivity contribution in [2.45, 2.75) is 36.4 Å². The number of aliphatic carboxylic acids is 1. The van der Waals surface area contributed by atoms with Gasteiger partial charge in [-0.3, -0.25) is 4.79 Å². The minimum Gasteiger partial charge on any atom is -0.493 e. The molecule has 200 valence electrons. The van der Waals surface area contributed by atoms with Crippen LogP contribution in [0.4, 0.5) is 4.39 Å². The average molecular weight is 543 g/mol. The van der Waals surface area contributed by atoms with Gasteiger partial charge in [-0.05, 0) is 47.4 Å². The molecule has 2 atom stereocenters. The largest absolute Gasteiger partial charge is 0.493 e. The van der Waals surface area contributed by atoms with Crippen LogP contribution in [0.1, 0.15) is 16.7 Å². The fourth-order valence-electron chi connectivity index (χ4n) is 4.41. The predicted octanol–water partition coefficient (Wildman–Crippen LogP) is 2.77. The van der Waals surface area contributed by atoms with Crippen LogP contribution in [-0.4, -0.2) is 56.0 Å². The Labute approximate surface area is 219 Å². The number of rotatable bonds is 9. The molecule has 1 aliphatic heterocycles. The van der Waals surface area contributed by atoms with Crippen LogP contribution in [0.15, 0.2) is 71.6 Å². The van der Waals surface area contributed by atoms with E-state index < -0.39 is 39.8 Å². The number of carbonyl (C=O) groups excluding carboxylic acids is 1. The molecule has 0 radical (unpaired) electrons. The molecular weight excluding hydrogens is 515 g/mol. The highest BCUT2D eigenvalue weighted by Crippen LogP contribution is 2.34. The minimum absolute atomic E-state index is 0.0530. The molecule has 2 N–H and O–H groups in total. The molecule has 11 heteroatoms. The summed E-state index contributed by atoms with van der Waals surface area (Å²) in [6, 6.07) is 14.0. The maximum atomic E-state index is 13.8. The number of halogens is 1. The summed E-state index contributed by atoms with van der Waals surface area (Å²) in [6.45, 7) is -0.0827. The number of benzene rings is 3. The molecule has 1 amide bonds. The van der Waals surface area contributed by atoms with E-state index in [1.54, 1.807) is 18.2 Å². The molecule has 4 rings (SSSR count). The number of fused-ring (bicyclic) bond motifs is 1. The maximum Gasteiger partial charge on any atom is 0.326 e. The molecule has 0 fully saturated rings. The average Bonchev–Trinajstić information content (AvgIpc) is 2.92. The first-order valence-electron chi connectivity index (χ1n) is 11.7. The normalized spacial score (nSPS) is 16.2. The summed E-state index contributed by atoms with van der Waals surface area (Å²) in [4.78, 5) is 25.4. The molecule has 0 bridgehead atoms. The summed E-state index contributed by atoms with van der Waals surface area (Å²) >= 11 is 0. The van der Waals surface area contributed by atoms with Crippen molar-refractivity contribution in [1.29, 1.82) is 0 Å². The molecule has 0 saturated carbocycles. The lowest BCUT2D eigenvalue weighted by Crippen LogP contribution is -2.55. The summed E-state index contributed by atoms with van der Waals surface area (Å²) in [5, 5.41) is 12.3. The van der Waals surface area contributed by atoms with E-state index in [1.807, 2.05) is 6.07 Å². The Kier molecular flexibility index (Phi) is 7.98. The number of carbonyl (C=O) groups is 2. The van der Waals surface area contributed by atoms with Gasteiger partial charge >= 0.3 is 5.97 Å². The Morgan fingerprint density at radius 3 is 2.32 bits per heavy atom. The standard InChI is InChI=1S/C27H27FN2O7S/c1-36-24-12-11-21(15-25(24)37-2)38(34,35)30-16-19-6-4-3-5-18(19)14-23(30)26(31)29-22(27(32)33)13-17-7-9-20(28)10-8-17/h3-12,15,22-23H,13-14,16H2,1-2H3,(H,29,31)(H,32,33). The highest BCUT2D eigenvalue weighted by atomic mass is 32.2. The van der Waals surface area contributed by atoms with Gasteiger partial charge in [-0.15, -0.1) is 0 Å². The van der Waals surface area contributed by atoms with Crippen molar-refractivity contribution in [1.82, 2.24) is 9.62 Å². The molecule has 0 saturated heterocycles. The maximum absolute atomic E-state index is 13.8. The molecule has 0 aliphatic carbocycles. The fourth-order valence-corrected chi connectivity index (χ4v) is 5.99. The van der Waals surface area contributed by atoms with Crippen molar-refractivity contribution >= 4 is 21.9 Å². The van der Waals surface area contributed by atoms with Crippen molar-refractivity contribution in [3.8, 4) is 11.5 Å². The van der Waals surface area contributed by atoms with Gasteiger partial charge in [0.05, 0.1) is 19.1 Å². The van der Waals surface area contributed by atoms with Crippen molar-refractivity contribution in [2.24, 2.45) is 0 Å². The molecule has 3 aromatic rings. The van der Waals surface area contributed by atoms with E-state index in [9.17, 15) is 27.5 Å². The smallest absolute Gasteiger partial charge is 0.326 e. The van der Waals surface area contributed by atoms with E-state index in [1.165, 1.54) is 56.7 Å². The third-order valence-corrected chi connectivity index (χ3v) is 8.29. The molecule has 3 aromatic carbocycles. The van der Waals surface area contributed by atoms with Crippen LogP contribution >= 0.6 is 0 Å². The van der Waals surface area contributed by atoms with Crippen molar-refractivity contribution in [2.75, 3.05) is 14.2 Å². The van der Waals surface area contributed by atoms with E-state index in [4.69, 9.17) is 9.47 Å². The van der Waals surface area contributed by atoms with Gasteiger partial charge in [0.25, 0.3) is 0 Å². The van der Waals surface area contributed by atoms with Crippen LogP contribution in [0.25, 0.3) is 0 Å². The Morgan fingerprint density at radius 1 is 1.03 bits per heavy atom. The third kappa shape index (κ3) is 5.63. The van der Waals surface area contributed by atoms with Gasteiger partial charge in [0.2, 0.25) is 15.9 Å². The number of methoxy groups -OCH3 is 2. The van der Waals surface area contributed by atoms with Crippen LogP contribution < -0.4 is 14.8 Å². The number of hydrogen-bond acceptors (Lipinski definition) is 6. The number of carboxylic acids is 1. The monoisotopic (exact) mass is 542 g/mol. The molecule has 0 aromatic heterocycles. The number of nitrogens with one attached hydrogen (secondary N) is 1. The molecule has 0 spiro atoms. The number of hydrogen-bond donors (Lipinski definition) is 2. The predicted molar refractivity (Wildman–Crippen MR) is 136 cm³/mol. The number of carboxylic acid groups (broad SMARTS) is 1. The molecule has 38 heavy (non-hydrogen) atoms. The lowest BCUT2D eigenvalue weighted by molar-refractivity contribution is -0.142. The van der Waals surface area contributed by atoms with E-state index >= 15 is 0 Å². The molecular formula is C27H27FN2O7S. The fraction of sp³-hybridized carbons (Fsp3) is 0.259. The third-order valence-electron chi connectivity index (χ3n) is 6.44. The Hall–Kier alpha value is -3.96. The number of sulfonamides is 1. The lowest BCUT2D eigenvalue weighted by Gasteiger charge is -2.35. The summed E-state index contributed by atoms with van der Waals surface area (Å²) in [5.74, 6) is -1.97. The van der Waals surface area contributed by atoms with Crippen LogP contribution in [0.2, 0.25) is 0 Å². The zero-order valence-corrected chi connectivity index (χ0v) is 21.6. The highest BCUT2D eigenvalue weighted by molar-refractivity contribution is 7.89. The zero-order chi connectivity index (χ0) is 27.4. The number of amides is 1. The first-order chi connectivity index (χ1) is 18.1. The summed E-state index contributed by atoms with van der Waals surface area (Å²) in [7, 11) is -1.42. The van der Waals surface area contributed by atoms with Gasteiger partial charge in [-0.1, -0.05) is 36.4 Å². The molecule has 9 nitrogen and oxygen atoms in total. The highest BCUT2D eigenvalue weighted by Gasteiger charge is 2.41. The van der Waals surface area contributed by atoms with Gasteiger partial charge in [0.15, 0.2) is 11.5 Å². The SMILES string of the molecule is COc1ccc(S(=O)(=O)N2Cc3ccccc3CC2C(=O)NC(Cc2ccc(F)cc2)C(=O)O)cc1OC. The van der Waals surface area contributed by atoms with Crippen molar-refractivity contribution < 1.29 is 37.0 Å². The lowest BCUT2D eigenvalue weighted by atomic mass is 9.95. The van der Waals surface area contributed by atoms with E-state index in [-0.39, 0.29) is 30.0 Å². The molecule has 1 aliphatic rings. The molecule has 2 unspecified atom stereocenters. The first-order valence-corrected chi connectivity index (χ1v) is 13.2. The van der Waals surface area contributed by atoms with Gasteiger partial charge in [-0.2, -0.15) is 4.31 Å². The van der Waals surface area contributed by atoms with Crippen LogP contribution in [0.3, 0.4) is 0 Å². The van der Waals surface area contributed by atoms with Crippen molar-refractivity contribution in [3.05, 3.63) is 89.2 Å². The van der Waals surface area contributed by atoms with Gasteiger partial charge < -0.3 is 19.9 Å². The summed E-state index contributed by atoms with van der Waals surface area (Å²) < 4.78 is 52.5. The van der Waals surface area contributed by atoms with E-state index in [0.29, 0.717) is 11.3 Å². The van der Waals surface area contributed by atoms with Crippen LogP contribution in [-0.2, 0) is 39.0 Å². The number of nitrogens with zero attached hydrogens (tertiary/aromatic N) is 1. The summed E-state index contributed by atoms with van der Waals surface area (Å²) in [6.07, 6.45) is -0.0511.